The van der Waals surface area contributed by atoms with Crippen LogP contribution < -0.4 is 10.2 Å². The van der Waals surface area contributed by atoms with E-state index in [0.717, 1.165) is 24.4 Å². The van der Waals surface area contributed by atoms with Crippen molar-refractivity contribution in [3.8, 4) is 0 Å². The molecule has 1 aliphatic heterocycles. The minimum Gasteiger partial charge on any atom is -0.378 e. The average molecular weight is 314 g/mol. The Kier molecular flexibility index (Phi) is 3.51. The molecule has 0 bridgehead atoms. The largest absolute Gasteiger partial charge is 0.378 e. The fourth-order valence-electron chi connectivity index (χ4n) is 2.54. The van der Waals surface area contributed by atoms with Crippen molar-refractivity contribution in [1.82, 2.24) is 19.9 Å². The first kappa shape index (κ1) is 13.9. The van der Waals surface area contributed by atoms with E-state index in [4.69, 9.17) is 4.74 Å². The molecule has 4 rings (SSSR count). The SMILES string of the molecule is Fc1ccc(Nc2nc(N3CCOCC3)c3[nH]cnc3n2)cc1. The monoisotopic (exact) mass is 314 g/mol. The zero-order chi connectivity index (χ0) is 15.6. The summed E-state index contributed by atoms with van der Waals surface area (Å²) in [6, 6.07) is 6.06. The normalized spacial score (nSPS) is 15.1. The maximum atomic E-state index is 13.0. The van der Waals surface area contributed by atoms with Crippen molar-refractivity contribution >= 4 is 28.6 Å². The van der Waals surface area contributed by atoms with Gasteiger partial charge < -0.3 is 19.9 Å². The fourth-order valence-corrected chi connectivity index (χ4v) is 2.54. The highest BCUT2D eigenvalue weighted by molar-refractivity contribution is 5.84. The maximum absolute atomic E-state index is 13.0. The average Bonchev–Trinajstić information content (AvgIpc) is 3.05. The zero-order valence-electron chi connectivity index (χ0n) is 12.3. The summed E-state index contributed by atoms with van der Waals surface area (Å²) in [5.41, 5.74) is 2.11. The van der Waals surface area contributed by atoms with E-state index in [0.29, 0.717) is 30.5 Å². The molecule has 1 fully saturated rings. The molecule has 118 valence electrons. The molecular weight excluding hydrogens is 299 g/mol. The summed E-state index contributed by atoms with van der Waals surface area (Å²) < 4.78 is 18.4. The molecule has 2 aromatic heterocycles. The van der Waals surface area contributed by atoms with Crippen LogP contribution >= 0.6 is 0 Å². The number of nitrogens with one attached hydrogen (secondary N) is 2. The molecular formula is C15H15FN6O. The predicted octanol–water partition coefficient (Wildman–Crippen LogP) is 2.07. The first-order valence-electron chi connectivity index (χ1n) is 7.36. The van der Waals surface area contributed by atoms with Gasteiger partial charge in [0.25, 0.3) is 0 Å². The van der Waals surface area contributed by atoms with Gasteiger partial charge in [-0.25, -0.2) is 9.37 Å². The lowest BCUT2D eigenvalue weighted by molar-refractivity contribution is 0.122. The van der Waals surface area contributed by atoms with Crippen molar-refractivity contribution in [2.75, 3.05) is 36.5 Å². The molecule has 7 nitrogen and oxygen atoms in total. The first-order valence-corrected chi connectivity index (χ1v) is 7.36. The van der Waals surface area contributed by atoms with Crippen molar-refractivity contribution in [2.24, 2.45) is 0 Å². The molecule has 1 aliphatic rings. The van der Waals surface area contributed by atoms with Crippen LogP contribution in [0.2, 0.25) is 0 Å². The number of nitrogens with zero attached hydrogens (tertiary/aromatic N) is 4. The second kappa shape index (κ2) is 5.81. The predicted molar refractivity (Wildman–Crippen MR) is 84.4 cm³/mol. The molecule has 3 heterocycles. The quantitative estimate of drug-likeness (QED) is 0.770. The number of aromatic nitrogens is 4. The lowest BCUT2D eigenvalue weighted by Crippen LogP contribution is -2.37. The Morgan fingerprint density at radius 1 is 1.13 bits per heavy atom. The third kappa shape index (κ3) is 2.80. The molecule has 0 radical (unpaired) electrons. The Morgan fingerprint density at radius 3 is 2.70 bits per heavy atom. The Hall–Kier alpha value is -2.74. The molecule has 23 heavy (non-hydrogen) atoms. The van der Waals surface area contributed by atoms with Gasteiger partial charge in [0, 0.05) is 18.8 Å². The maximum Gasteiger partial charge on any atom is 0.231 e. The van der Waals surface area contributed by atoms with Crippen molar-refractivity contribution in [3.05, 3.63) is 36.4 Å². The minimum absolute atomic E-state index is 0.284. The van der Waals surface area contributed by atoms with E-state index in [9.17, 15) is 4.39 Å². The van der Waals surface area contributed by atoms with Crippen LogP contribution in [-0.2, 0) is 4.74 Å². The van der Waals surface area contributed by atoms with E-state index in [1.165, 1.54) is 12.1 Å². The van der Waals surface area contributed by atoms with Gasteiger partial charge >= 0.3 is 0 Å². The van der Waals surface area contributed by atoms with Crippen LogP contribution in [0.4, 0.5) is 21.8 Å². The molecule has 3 aromatic rings. The van der Waals surface area contributed by atoms with Gasteiger partial charge in [0.05, 0.1) is 19.5 Å². The molecule has 0 unspecified atom stereocenters. The number of hydrogen-bond acceptors (Lipinski definition) is 6. The molecule has 0 aliphatic carbocycles. The lowest BCUT2D eigenvalue weighted by Gasteiger charge is -2.28. The highest BCUT2D eigenvalue weighted by Gasteiger charge is 2.18. The summed E-state index contributed by atoms with van der Waals surface area (Å²) >= 11 is 0. The van der Waals surface area contributed by atoms with Crippen LogP contribution in [0.5, 0.6) is 0 Å². The van der Waals surface area contributed by atoms with Gasteiger partial charge in [-0.3, -0.25) is 0 Å². The third-order valence-electron chi connectivity index (χ3n) is 3.68. The number of morpholine rings is 1. The van der Waals surface area contributed by atoms with Gasteiger partial charge in [-0.15, -0.1) is 0 Å². The number of hydrogen-bond donors (Lipinski definition) is 2. The number of imidazole rings is 1. The van der Waals surface area contributed by atoms with Crippen molar-refractivity contribution in [3.63, 3.8) is 0 Å². The van der Waals surface area contributed by atoms with Crippen LogP contribution in [-0.4, -0.2) is 46.2 Å². The number of H-pyrrole nitrogens is 1. The molecule has 0 amide bonds. The number of aromatic amines is 1. The van der Waals surface area contributed by atoms with Gasteiger partial charge in [0.15, 0.2) is 11.5 Å². The number of fused-ring (bicyclic) bond motifs is 1. The van der Waals surface area contributed by atoms with Crippen LogP contribution in [0.15, 0.2) is 30.6 Å². The van der Waals surface area contributed by atoms with Gasteiger partial charge in [0.2, 0.25) is 5.95 Å². The summed E-state index contributed by atoms with van der Waals surface area (Å²) in [5.74, 6) is 0.936. The van der Waals surface area contributed by atoms with Crippen LogP contribution in [0.25, 0.3) is 11.2 Å². The summed E-state index contributed by atoms with van der Waals surface area (Å²) in [6.45, 7) is 2.86. The van der Waals surface area contributed by atoms with E-state index in [2.05, 4.69) is 30.2 Å². The topological polar surface area (TPSA) is 79.0 Å². The number of rotatable bonds is 3. The number of ether oxygens (including phenoxy) is 1. The first-order chi connectivity index (χ1) is 11.3. The second-order valence-corrected chi connectivity index (χ2v) is 5.20. The Labute approximate surface area is 131 Å². The highest BCUT2D eigenvalue weighted by atomic mass is 19.1. The number of benzene rings is 1. The van der Waals surface area contributed by atoms with Crippen LogP contribution in [0, 0.1) is 5.82 Å². The summed E-state index contributed by atoms with van der Waals surface area (Å²) in [5, 5.41) is 3.09. The Morgan fingerprint density at radius 2 is 1.91 bits per heavy atom. The smallest absolute Gasteiger partial charge is 0.231 e. The van der Waals surface area contributed by atoms with Crippen molar-refractivity contribution in [2.45, 2.75) is 0 Å². The van der Waals surface area contributed by atoms with E-state index >= 15 is 0 Å². The van der Waals surface area contributed by atoms with Gasteiger partial charge in [0.1, 0.15) is 11.3 Å². The number of anilines is 3. The Balaban J connectivity index is 1.70. The summed E-state index contributed by atoms with van der Waals surface area (Å²) in [7, 11) is 0. The van der Waals surface area contributed by atoms with Gasteiger partial charge in [-0.05, 0) is 24.3 Å². The molecule has 8 heteroatoms. The molecule has 2 N–H and O–H groups in total. The van der Waals surface area contributed by atoms with Gasteiger partial charge in [-0.1, -0.05) is 0 Å². The number of halogens is 1. The van der Waals surface area contributed by atoms with Gasteiger partial charge in [-0.2, -0.15) is 9.97 Å². The molecule has 1 saturated heterocycles. The van der Waals surface area contributed by atoms with E-state index in [-0.39, 0.29) is 5.82 Å². The molecule has 1 aromatic carbocycles. The standard InChI is InChI=1S/C15H15FN6O/c16-10-1-3-11(4-2-10)19-15-20-13-12(17-9-18-13)14(21-15)22-5-7-23-8-6-22/h1-4,9H,5-8H2,(H2,17,18,19,20,21). The fraction of sp³-hybridized carbons (Fsp3) is 0.267. The second-order valence-electron chi connectivity index (χ2n) is 5.20. The van der Waals surface area contributed by atoms with E-state index < -0.39 is 0 Å². The van der Waals surface area contributed by atoms with Crippen LogP contribution in [0.3, 0.4) is 0 Å². The summed E-state index contributed by atoms with van der Waals surface area (Å²) in [6.07, 6.45) is 1.60. The molecule has 0 atom stereocenters. The third-order valence-corrected chi connectivity index (χ3v) is 3.68. The molecule has 0 spiro atoms. The molecule has 0 saturated carbocycles. The Bertz CT molecular complexity index is 812. The highest BCUT2D eigenvalue weighted by Crippen LogP contribution is 2.25. The zero-order valence-corrected chi connectivity index (χ0v) is 12.3. The lowest BCUT2D eigenvalue weighted by atomic mass is 10.3. The minimum atomic E-state index is -0.284. The summed E-state index contributed by atoms with van der Waals surface area (Å²) in [4.78, 5) is 18.4. The van der Waals surface area contributed by atoms with E-state index in [1.807, 2.05) is 0 Å². The van der Waals surface area contributed by atoms with Crippen LogP contribution in [0.1, 0.15) is 0 Å². The van der Waals surface area contributed by atoms with E-state index in [1.54, 1.807) is 18.5 Å². The van der Waals surface area contributed by atoms with Crippen molar-refractivity contribution < 1.29 is 9.13 Å². The van der Waals surface area contributed by atoms with Crippen molar-refractivity contribution in [1.29, 1.82) is 0 Å².